The minimum absolute atomic E-state index is 0.314. The molecule has 0 unspecified atom stereocenters. The van der Waals surface area contributed by atoms with Crippen LogP contribution in [0.3, 0.4) is 0 Å². The van der Waals surface area contributed by atoms with Gasteiger partial charge in [0.1, 0.15) is 6.61 Å². The molecule has 1 aromatic carbocycles. The minimum atomic E-state index is -3.56. The van der Waals surface area contributed by atoms with Gasteiger partial charge in [-0.15, -0.1) is 10.2 Å². The Kier molecular flexibility index (Phi) is 4.22. The highest BCUT2D eigenvalue weighted by Gasteiger charge is 2.36. The van der Waals surface area contributed by atoms with Gasteiger partial charge >= 0.3 is 0 Å². The van der Waals surface area contributed by atoms with Gasteiger partial charge in [0.15, 0.2) is 11.6 Å². The number of ether oxygens (including phenoxy) is 1. The normalized spacial score (nSPS) is 18.8. The molecule has 1 aliphatic heterocycles. The van der Waals surface area contributed by atoms with Crippen LogP contribution in [-0.2, 0) is 27.9 Å². The third kappa shape index (κ3) is 2.77. The molecule has 1 aromatic heterocycles. The smallest absolute Gasteiger partial charge is 0.243 e. The average Bonchev–Trinajstić information content (AvgIpc) is 2.92. The Bertz CT molecular complexity index is 816. The second-order valence-corrected chi connectivity index (χ2v) is 7.56. The molecule has 1 aliphatic rings. The zero-order chi connectivity index (χ0) is 16.6. The molecule has 0 N–H and O–H groups in total. The number of hydrogen-bond donors (Lipinski definition) is 0. The van der Waals surface area contributed by atoms with Crippen LogP contribution < -0.4 is 0 Å². The molecule has 0 radical (unpaired) electrons. The van der Waals surface area contributed by atoms with Gasteiger partial charge in [-0.2, -0.15) is 4.31 Å². The van der Waals surface area contributed by atoms with Gasteiger partial charge in [-0.3, -0.25) is 0 Å². The topological polar surface area (TPSA) is 77.3 Å². The van der Waals surface area contributed by atoms with Crippen molar-refractivity contribution in [2.75, 3.05) is 13.7 Å². The standard InChI is InChI=1S/C15H20N4O3S/c1-11-5-4-6-13(9-11)23(20,21)19-8-7-18-14(10-22-3)16-17-15(18)12(19)2/h4-6,9,12H,7-8,10H2,1-3H3/t12-/m1/s1. The number of sulfonamides is 1. The lowest BCUT2D eigenvalue weighted by Gasteiger charge is -2.32. The highest BCUT2D eigenvalue weighted by molar-refractivity contribution is 7.89. The van der Waals surface area contributed by atoms with Gasteiger partial charge in [0.2, 0.25) is 10.0 Å². The second kappa shape index (κ2) is 6.03. The van der Waals surface area contributed by atoms with E-state index in [9.17, 15) is 8.42 Å². The summed E-state index contributed by atoms with van der Waals surface area (Å²) in [6.45, 7) is 5.00. The molecule has 0 saturated carbocycles. The van der Waals surface area contributed by atoms with Crippen LogP contribution in [0.2, 0.25) is 0 Å². The lowest BCUT2D eigenvalue weighted by atomic mass is 10.2. The molecule has 0 amide bonds. The summed E-state index contributed by atoms with van der Waals surface area (Å²) in [5.41, 5.74) is 0.918. The van der Waals surface area contributed by atoms with E-state index in [1.807, 2.05) is 24.5 Å². The van der Waals surface area contributed by atoms with Crippen molar-refractivity contribution in [3.63, 3.8) is 0 Å². The number of benzene rings is 1. The molecule has 23 heavy (non-hydrogen) atoms. The van der Waals surface area contributed by atoms with E-state index in [0.717, 1.165) is 11.4 Å². The average molecular weight is 336 g/mol. The van der Waals surface area contributed by atoms with Crippen molar-refractivity contribution in [1.82, 2.24) is 19.1 Å². The van der Waals surface area contributed by atoms with Gasteiger partial charge in [-0.1, -0.05) is 12.1 Å². The Labute approximate surface area is 135 Å². The van der Waals surface area contributed by atoms with Crippen molar-refractivity contribution >= 4 is 10.0 Å². The fraction of sp³-hybridized carbons (Fsp3) is 0.467. The molecule has 0 aliphatic carbocycles. The maximum absolute atomic E-state index is 12.9. The number of methoxy groups -OCH3 is 1. The van der Waals surface area contributed by atoms with E-state index in [1.54, 1.807) is 25.3 Å². The van der Waals surface area contributed by atoms with Crippen molar-refractivity contribution in [3.05, 3.63) is 41.5 Å². The van der Waals surface area contributed by atoms with E-state index in [4.69, 9.17) is 4.74 Å². The van der Waals surface area contributed by atoms with Crippen LogP contribution in [0.1, 0.15) is 30.2 Å². The zero-order valence-electron chi connectivity index (χ0n) is 13.4. The monoisotopic (exact) mass is 336 g/mol. The van der Waals surface area contributed by atoms with E-state index in [2.05, 4.69) is 10.2 Å². The summed E-state index contributed by atoms with van der Waals surface area (Å²) in [5, 5.41) is 8.27. The lowest BCUT2D eigenvalue weighted by Crippen LogP contribution is -2.41. The van der Waals surface area contributed by atoms with E-state index in [0.29, 0.717) is 30.4 Å². The molecular formula is C15H20N4O3S. The Morgan fingerprint density at radius 3 is 2.78 bits per heavy atom. The summed E-state index contributed by atoms with van der Waals surface area (Å²) in [6.07, 6.45) is 0. The number of aryl methyl sites for hydroxylation is 1. The highest BCUT2D eigenvalue weighted by atomic mass is 32.2. The Morgan fingerprint density at radius 2 is 2.09 bits per heavy atom. The molecule has 0 spiro atoms. The van der Waals surface area contributed by atoms with Crippen molar-refractivity contribution in [1.29, 1.82) is 0 Å². The third-order valence-electron chi connectivity index (χ3n) is 4.08. The van der Waals surface area contributed by atoms with E-state index in [1.165, 1.54) is 4.31 Å². The summed E-state index contributed by atoms with van der Waals surface area (Å²) in [7, 11) is -1.96. The zero-order valence-corrected chi connectivity index (χ0v) is 14.2. The van der Waals surface area contributed by atoms with Gasteiger partial charge < -0.3 is 9.30 Å². The molecule has 124 valence electrons. The molecule has 7 nitrogen and oxygen atoms in total. The van der Waals surface area contributed by atoms with Crippen LogP contribution in [0.15, 0.2) is 29.2 Å². The van der Waals surface area contributed by atoms with Crippen molar-refractivity contribution in [2.45, 2.75) is 37.9 Å². The molecule has 0 fully saturated rings. The predicted molar refractivity (Wildman–Crippen MR) is 84.2 cm³/mol. The van der Waals surface area contributed by atoms with Gasteiger partial charge in [0.25, 0.3) is 0 Å². The van der Waals surface area contributed by atoms with Crippen LogP contribution >= 0.6 is 0 Å². The van der Waals surface area contributed by atoms with E-state index < -0.39 is 10.0 Å². The van der Waals surface area contributed by atoms with Crippen LogP contribution in [0.5, 0.6) is 0 Å². The molecule has 1 atom stereocenters. The molecule has 2 aromatic rings. The minimum Gasteiger partial charge on any atom is -0.377 e. The third-order valence-corrected chi connectivity index (χ3v) is 6.04. The van der Waals surface area contributed by atoms with Crippen molar-refractivity contribution in [3.8, 4) is 0 Å². The summed E-state index contributed by atoms with van der Waals surface area (Å²) in [6, 6.07) is 6.59. The van der Waals surface area contributed by atoms with Gasteiger partial charge in [-0.05, 0) is 31.5 Å². The number of rotatable bonds is 4. The molecule has 8 heteroatoms. The molecular weight excluding hydrogens is 316 g/mol. The maximum atomic E-state index is 12.9. The van der Waals surface area contributed by atoms with Crippen LogP contribution in [-0.4, -0.2) is 41.1 Å². The first-order valence-electron chi connectivity index (χ1n) is 7.44. The molecule has 3 rings (SSSR count). The Hall–Kier alpha value is -1.77. The summed E-state index contributed by atoms with van der Waals surface area (Å²) < 4.78 is 34.4. The van der Waals surface area contributed by atoms with Crippen molar-refractivity contribution < 1.29 is 13.2 Å². The quantitative estimate of drug-likeness (QED) is 0.845. The molecule has 0 bridgehead atoms. The van der Waals surface area contributed by atoms with Gasteiger partial charge in [0.05, 0.1) is 10.9 Å². The SMILES string of the molecule is COCc1nnc2n1CCN(S(=O)(=O)c1cccc(C)c1)[C@@H]2C. The van der Waals surface area contributed by atoms with E-state index in [-0.39, 0.29) is 6.04 Å². The van der Waals surface area contributed by atoms with Crippen LogP contribution in [0, 0.1) is 6.92 Å². The fourth-order valence-electron chi connectivity index (χ4n) is 2.90. The van der Waals surface area contributed by atoms with Crippen LogP contribution in [0.4, 0.5) is 0 Å². The largest absolute Gasteiger partial charge is 0.377 e. The first kappa shape index (κ1) is 16.1. The van der Waals surface area contributed by atoms with E-state index >= 15 is 0 Å². The van der Waals surface area contributed by atoms with Crippen LogP contribution in [0.25, 0.3) is 0 Å². The second-order valence-electron chi connectivity index (χ2n) is 5.67. The summed E-state index contributed by atoms with van der Waals surface area (Å²) in [4.78, 5) is 0.314. The number of nitrogens with zero attached hydrogens (tertiary/aromatic N) is 4. The maximum Gasteiger partial charge on any atom is 0.243 e. The highest BCUT2D eigenvalue weighted by Crippen LogP contribution is 2.30. The number of aromatic nitrogens is 3. The molecule has 2 heterocycles. The fourth-order valence-corrected chi connectivity index (χ4v) is 4.59. The van der Waals surface area contributed by atoms with Gasteiger partial charge in [0, 0.05) is 20.2 Å². The lowest BCUT2D eigenvalue weighted by molar-refractivity contribution is 0.170. The summed E-state index contributed by atoms with van der Waals surface area (Å²) in [5.74, 6) is 1.38. The first-order valence-corrected chi connectivity index (χ1v) is 8.88. The first-order chi connectivity index (χ1) is 10.9. The molecule has 0 saturated heterocycles. The summed E-state index contributed by atoms with van der Waals surface area (Å²) >= 11 is 0. The number of hydrogen-bond acceptors (Lipinski definition) is 5. The Morgan fingerprint density at radius 1 is 1.30 bits per heavy atom. The number of fused-ring (bicyclic) bond motifs is 1. The van der Waals surface area contributed by atoms with Crippen molar-refractivity contribution in [2.24, 2.45) is 0 Å². The Balaban J connectivity index is 1.96. The van der Waals surface area contributed by atoms with Gasteiger partial charge in [-0.25, -0.2) is 8.42 Å². The predicted octanol–water partition coefficient (Wildman–Crippen LogP) is 1.50.